The van der Waals surface area contributed by atoms with Gasteiger partial charge in [-0.05, 0) is 11.4 Å². The summed E-state index contributed by atoms with van der Waals surface area (Å²) in [5, 5.41) is 1.91. The first-order chi connectivity index (χ1) is 10.7. The molecule has 0 aromatic carbocycles. The van der Waals surface area contributed by atoms with Crippen LogP contribution in [0.4, 0.5) is 0 Å². The molecule has 3 rings (SSSR count). The summed E-state index contributed by atoms with van der Waals surface area (Å²) >= 11 is 1.47. The largest absolute Gasteiger partial charge is 0.335 e. The second kappa shape index (κ2) is 6.76. The van der Waals surface area contributed by atoms with Gasteiger partial charge in [0.25, 0.3) is 5.91 Å². The van der Waals surface area contributed by atoms with Crippen LogP contribution in [0, 0.1) is 0 Å². The highest BCUT2D eigenvalue weighted by molar-refractivity contribution is 7.12. The van der Waals surface area contributed by atoms with E-state index in [0.717, 1.165) is 4.88 Å². The van der Waals surface area contributed by atoms with Gasteiger partial charge >= 0.3 is 0 Å². The van der Waals surface area contributed by atoms with Gasteiger partial charge in [-0.3, -0.25) is 19.5 Å². The van der Waals surface area contributed by atoms with Crippen LogP contribution in [0.15, 0.2) is 36.1 Å². The average Bonchev–Trinajstić information content (AvgIpc) is 3.10. The van der Waals surface area contributed by atoms with Crippen LogP contribution >= 0.6 is 11.3 Å². The molecule has 0 atom stereocenters. The predicted molar refractivity (Wildman–Crippen MR) is 83.0 cm³/mol. The van der Waals surface area contributed by atoms with E-state index in [9.17, 15) is 9.59 Å². The van der Waals surface area contributed by atoms with Gasteiger partial charge in [-0.15, -0.1) is 11.3 Å². The maximum Gasteiger partial charge on any atom is 0.274 e. The second-order valence-corrected chi connectivity index (χ2v) is 6.01. The predicted octanol–water partition coefficient (Wildman–Crippen LogP) is 1.18. The summed E-state index contributed by atoms with van der Waals surface area (Å²) in [5.74, 6) is 0.0426. The van der Waals surface area contributed by atoms with Gasteiger partial charge in [0.05, 0.1) is 17.6 Å². The zero-order valence-electron chi connectivity index (χ0n) is 12.0. The monoisotopic (exact) mass is 316 g/mol. The van der Waals surface area contributed by atoms with E-state index in [2.05, 4.69) is 14.9 Å². The molecule has 0 N–H and O–H groups in total. The number of hydrogen-bond acceptors (Lipinski definition) is 6. The molecule has 1 amide bonds. The van der Waals surface area contributed by atoms with Crippen molar-refractivity contribution in [3.05, 3.63) is 46.7 Å². The third kappa shape index (κ3) is 3.37. The van der Waals surface area contributed by atoms with Crippen LogP contribution in [-0.4, -0.2) is 64.2 Å². The van der Waals surface area contributed by atoms with Gasteiger partial charge in [0.1, 0.15) is 5.69 Å². The molecular weight excluding hydrogens is 300 g/mol. The molecule has 22 heavy (non-hydrogen) atoms. The Hall–Kier alpha value is -2.12. The van der Waals surface area contributed by atoms with Crippen molar-refractivity contribution in [1.29, 1.82) is 0 Å². The number of nitrogens with zero attached hydrogens (tertiary/aromatic N) is 4. The van der Waals surface area contributed by atoms with Crippen molar-refractivity contribution in [2.75, 3.05) is 32.7 Å². The van der Waals surface area contributed by atoms with Gasteiger partial charge in [-0.2, -0.15) is 0 Å². The molecule has 0 saturated carbocycles. The first kappa shape index (κ1) is 14.8. The van der Waals surface area contributed by atoms with E-state index in [0.29, 0.717) is 38.4 Å². The molecule has 0 radical (unpaired) electrons. The van der Waals surface area contributed by atoms with Crippen molar-refractivity contribution in [2.45, 2.75) is 0 Å². The quantitative estimate of drug-likeness (QED) is 0.793. The van der Waals surface area contributed by atoms with Crippen molar-refractivity contribution < 1.29 is 9.59 Å². The Morgan fingerprint density at radius 2 is 2.00 bits per heavy atom. The first-order valence-electron chi connectivity index (χ1n) is 7.08. The standard InChI is InChI=1S/C15H16N4O2S/c20-13(14-2-1-9-22-14)11-18-5-7-19(8-6-18)15(21)12-10-16-3-4-17-12/h1-4,9-10H,5-8,11H2. The molecule has 6 nitrogen and oxygen atoms in total. The highest BCUT2D eigenvalue weighted by Crippen LogP contribution is 2.12. The van der Waals surface area contributed by atoms with Crippen LogP contribution < -0.4 is 0 Å². The molecule has 0 spiro atoms. The summed E-state index contributed by atoms with van der Waals surface area (Å²) < 4.78 is 0. The third-order valence-electron chi connectivity index (χ3n) is 3.61. The average molecular weight is 316 g/mol. The summed E-state index contributed by atoms with van der Waals surface area (Å²) in [6.07, 6.45) is 4.54. The SMILES string of the molecule is O=C(CN1CCN(C(=O)c2cnccn2)CC1)c1cccs1. The van der Waals surface area contributed by atoms with E-state index >= 15 is 0 Å². The van der Waals surface area contributed by atoms with E-state index in [1.54, 1.807) is 11.1 Å². The van der Waals surface area contributed by atoms with Gasteiger partial charge in [-0.1, -0.05) is 6.07 Å². The number of aromatic nitrogens is 2. The topological polar surface area (TPSA) is 66.4 Å². The number of hydrogen-bond donors (Lipinski definition) is 0. The lowest BCUT2D eigenvalue weighted by molar-refractivity contribution is 0.0619. The number of Topliss-reactive ketones (excluding diaryl/α,β-unsaturated/α-hetero) is 1. The number of carbonyl (C=O) groups is 2. The Balaban J connectivity index is 1.52. The van der Waals surface area contributed by atoms with Gasteiger partial charge in [0, 0.05) is 38.6 Å². The number of amides is 1. The zero-order chi connectivity index (χ0) is 15.4. The Bertz CT molecular complexity index is 637. The van der Waals surface area contributed by atoms with E-state index in [-0.39, 0.29) is 11.7 Å². The Morgan fingerprint density at radius 1 is 1.18 bits per heavy atom. The molecule has 1 aliphatic heterocycles. The molecule has 1 saturated heterocycles. The first-order valence-corrected chi connectivity index (χ1v) is 7.96. The molecule has 0 bridgehead atoms. The number of ketones is 1. The second-order valence-electron chi connectivity index (χ2n) is 5.06. The maximum atomic E-state index is 12.3. The molecule has 7 heteroatoms. The molecule has 114 valence electrons. The fraction of sp³-hybridized carbons (Fsp3) is 0.333. The lowest BCUT2D eigenvalue weighted by Gasteiger charge is -2.34. The molecule has 2 aromatic rings. The summed E-state index contributed by atoms with van der Waals surface area (Å²) in [6.45, 7) is 3.01. The molecule has 0 unspecified atom stereocenters. The minimum atomic E-state index is -0.0997. The minimum Gasteiger partial charge on any atom is -0.335 e. The highest BCUT2D eigenvalue weighted by atomic mass is 32.1. The molecule has 1 fully saturated rings. The highest BCUT2D eigenvalue weighted by Gasteiger charge is 2.24. The summed E-state index contributed by atoms with van der Waals surface area (Å²) in [6, 6.07) is 3.73. The third-order valence-corrected chi connectivity index (χ3v) is 4.52. The minimum absolute atomic E-state index is 0.0997. The summed E-state index contributed by atoms with van der Waals surface area (Å²) in [5.41, 5.74) is 0.366. The zero-order valence-corrected chi connectivity index (χ0v) is 12.8. The smallest absolute Gasteiger partial charge is 0.274 e. The fourth-order valence-corrected chi connectivity index (χ4v) is 3.06. The number of rotatable bonds is 4. The van der Waals surface area contributed by atoms with E-state index < -0.39 is 0 Å². The van der Waals surface area contributed by atoms with Crippen molar-refractivity contribution in [2.24, 2.45) is 0 Å². The molecular formula is C15H16N4O2S. The molecule has 1 aliphatic rings. The van der Waals surface area contributed by atoms with Crippen LogP contribution in [0.3, 0.4) is 0 Å². The lowest BCUT2D eigenvalue weighted by atomic mass is 10.2. The van der Waals surface area contributed by atoms with Crippen LogP contribution in [-0.2, 0) is 0 Å². The summed E-state index contributed by atoms with van der Waals surface area (Å²) in [7, 11) is 0. The Labute approximate surface area is 132 Å². The van der Waals surface area contributed by atoms with E-state index in [1.807, 2.05) is 17.5 Å². The van der Waals surface area contributed by atoms with Gasteiger partial charge in [-0.25, -0.2) is 4.98 Å². The van der Waals surface area contributed by atoms with Crippen molar-refractivity contribution in [3.63, 3.8) is 0 Å². The van der Waals surface area contributed by atoms with Crippen LogP contribution in [0.2, 0.25) is 0 Å². The molecule has 0 aliphatic carbocycles. The van der Waals surface area contributed by atoms with E-state index in [4.69, 9.17) is 0 Å². The number of piperazine rings is 1. The lowest BCUT2D eigenvalue weighted by Crippen LogP contribution is -2.50. The van der Waals surface area contributed by atoms with Gasteiger partial charge in [0.2, 0.25) is 0 Å². The van der Waals surface area contributed by atoms with Crippen molar-refractivity contribution >= 4 is 23.0 Å². The number of carbonyl (C=O) groups excluding carboxylic acids is 2. The van der Waals surface area contributed by atoms with Gasteiger partial charge in [0.15, 0.2) is 5.78 Å². The van der Waals surface area contributed by atoms with E-state index in [1.165, 1.54) is 23.7 Å². The Morgan fingerprint density at radius 3 is 2.64 bits per heavy atom. The van der Waals surface area contributed by atoms with Crippen LogP contribution in [0.25, 0.3) is 0 Å². The van der Waals surface area contributed by atoms with Gasteiger partial charge < -0.3 is 4.90 Å². The van der Waals surface area contributed by atoms with Crippen LogP contribution in [0.1, 0.15) is 20.2 Å². The molecule has 2 aromatic heterocycles. The fourth-order valence-electron chi connectivity index (χ4n) is 2.40. The maximum absolute atomic E-state index is 12.3. The van der Waals surface area contributed by atoms with Crippen molar-refractivity contribution in [1.82, 2.24) is 19.8 Å². The summed E-state index contributed by atoms with van der Waals surface area (Å²) in [4.78, 5) is 36.9. The molecule has 3 heterocycles. The number of thiophene rings is 1. The Kier molecular flexibility index (Phi) is 4.55. The van der Waals surface area contributed by atoms with Crippen molar-refractivity contribution in [3.8, 4) is 0 Å². The van der Waals surface area contributed by atoms with Crippen LogP contribution in [0.5, 0.6) is 0 Å². The normalized spacial score (nSPS) is 15.7.